The van der Waals surface area contributed by atoms with Crippen LogP contribution < -0.4 is 0 Å². The van der Waals surface area contributed by atoms with Gasteiger partial charge in [-0.25, -0.2) is 0 Å². The molecule has 3 rings (SSSR count). The molecule has 0 spiro atoms. The molecule has 0 amide bonds. The number of pyridine rings is 1. The van der Waals surface area contributed by atoms with E-state index in [-0.39, 0.29) is 5.92 Å². The van der Waals surface area contributed by atoms with Crippen LogP contribution in [0.1, 0.15) is 61.5 Å². The summed E-state index contributed by atoms with van der Waals surface area (Å²) in [6, 6.07) is 4.18. The number of quaternary nitrogens is 1. The minimum atomic E-state index is -0.816. The van der Waals surface area contributed by atoms with Gasteiger partial charge in [0.1, 0.15) is 0 Å². The van der Waals surface area contributed by atoms with Crippen molar-refractivity contribution in [1.29, 1.82) is 0 Å². The molecule has 1 fully saturated rings. The van der Waals surface area contributed by atoms with Gasteiger partial charge in [-0.3, -0.25) is 9.78 Å². The van der Waals surface area contributed by atoms with Crippen LogP contribution in [0.25, 0.3) is 0 Å². The van der Waals surface area contributed by atoms with Gasteiger partial charge in [0, 0.05) is 36.6 Å². The number of aromatic nitrogens is 5. The molecule has 0 aliphatic carbocycles. The number of aliphatic carboxylic acids is 1. The van der Waals surface area contributed by atoms with Crippen LogP contribution in [-0.2, 0) is 11.2 Å². The summed E-state index contributed by atoms with van der Waals surface area (Å²) in [7, 11) is 4.56. The molecule has 0 aromatic carbocycles. The number of hydrogen-bond donors (Lipinski definition) is 2. The maximum Gasteiger partial charge on any atom is 0.307 e. The molecule has 28 heavy (non-hydrogen) atoms. The molecule has 0 bridgehead atoms. The van der Waals surface area contributed by atoms with E-state index in [4.69, 9.17) is 4.98 Å². The number of carboxylic acid groups (broad SMARTS) is 1. The van der Waals surface area contributed by atoms with Crippen molar-refractivity contribution < 1.29 is 14.4 Å². The Balaban J connectivity index is 1.73. The molecule has 2 aromatic heterocycles. The third-order valence-electron chi connectivity index (χ3n) is 5.98. The third-order valence-corrected chi connectivity index (χ3v) is 5.98. The van der Waals surface area contributed by atoms with E-state index in [1.165, 1.54) is 13.1 Å². The molecule has 1 aliphatic rings. The number of rotatable bonds is 8. The first kappa shape index (κ1) is 20.4. The van der Waals surface area contributed by atoms with Gasteiger partial charge in [0.15, 0.2) is 5.82 Å². The second-order valence-electron chi connectivity index (χ2n) is 8.56. The van der Waals surface area contributed by atoms with Gasteiger partial charge in [0.2, 0.25) is 0 Å². The number of nitrogens with zero attached hydrogens (tertiary/aromatic N) is 5. The first-order valence-corrected chi connectivity index (χ1v) is 10.1. The van der Waals surface area contributed by atoms with Crippen molar-refractivity contribution in [2.75, 3.05) is 27.2 Å². The largest absolute Gasteiger partial charge is 0.481 e. The highest BCUT2D eigenvalue weighted by atomic mass is 16.4. The van der Waals surface area contributed by atoms with Gasteiger partial charge in [-0.2, -0.15) is 5.21 Å². The standard InChI is InChI=1S/C20H30N6O2/c1-4-5-16(20(27)28)17(19-22-24-25-23-19)12-14-6-7-18(21-13-14)15-8-10-26(2,3)11-9-15/h6-7,13,15-17H,4-5,8-12H2,1-3H3,(H-,22,23,24,25,27,28)/p+1/t16?,17-/m0/s1. The average Bonchev–Trinajstić information content (AvgIpc) is 3.19. The monoisotopic (exact) mass is 387 g/mol. The SMILES string of the molecule is CCCC(C(=O)O)[C@H](Cc1ccc(C2CC[N+](C)(C)CC2)nc1)c1nn[nH]n1. The summed E-state index contributed by atoms with van der Waals surface area (Å²) in [5, 5.41) is 23.9. The first-order valence-electron chi connectivity index (χ1n) is 10.1. The fraction of sp³-hybridized carbons (Fsp3) is 0.650. The Kier molecular flexibility index (Phi) is 6.39. The van der Waals surface area contributed by atoms with Gasteiger partial charge >= 0.3 is 5.97 Å². The number of likely N-dealkylation sites (tertiary alicyclic amines) is 1. The molecule has 2 atom stereocenters. The number of carboxylic acids is 1. The van der Waals surface area contributed by atoms with Crippen LogP contribution in [0, 0.1) is 5.92 Å². The Hall–Kier alpha value is -2.35. The molecule has 8 nitrogen and oxygen atoms in total. The van der Waals surface area contributed by atoms with Crippen LogP contribution in [0.5, 0.6) is 0 Å². The lowest BCUT2D eigenvalue weighted by atomic mass is 9.83. The number of hydrogen-bond acceptors (Lipinski definition) is 5. The number of piperidine rings is 1. The van der Waals surface area contributed by atoms with Crippen molar-refractivity contribution in [2.45, 2.75) is 50.9 Å². The summed E-state index contributed by atoms with van der Waals surface area (Å²) < 4.78 is 1.08. The van der Waals surface area contributed by atoms with Gasteiger partial charge in [0.05, 0.1) is 33.1 Å². The maximum atomic E-state index is 11.8. The molecule has 0 saturated carbocycles. The minimum Gasteiger partial charge on any atom is -0.481 e. The van der Waals surface area contributed by atoms with Gasteiger partial charge in [-0.15, -0.1) is 10.2 Å². The number of carbonyl (C=O) groups is 1. The maximum absolute atomic E-state index is 11.8. The van der Waals surface area contributed by atoms with E-state index in [2.05, 4.69) is 46.9 Å². The van der Waals surface area contributed by atoms with Crippen molar-refractivity contribution in [1.82, 2.24) is 25.6 Å². The van der Waals surface area contributed by atoms with Crippen LogP contribution in [-0.4, -0.2) is 68.4 Å². The number of H-pyrrole nitrogens is 1. The van der Waals surface area contributed by atoms with Crippen molar-refractivity contribution in [3.05, 3.63) is 35.4 Å². The number of aromatic amines is 1. The van der Waals surface area contributed by atoms with Crippen LogP contribution in [0.4, 0.5) is 0 Å². The Morgan fingerprint density at radius 1 is 1.32 bits per heavy atom. The van der Waals surface area contributed by atoms with Crippen LogP contribution >= 0.6 is 0 Å². The summed E-state index contributed by atoms with van der Waals surface area (Å²) in [6.45, 7) is 4.33. The zero-order valence-electron chi connectivity index (χ0n) is 17.0. The van der Waals surface area contributed by atoms with E-state index in [9.17, 15) is 9.90 Å². The molecular formula is C20H31N6O2+. The smallest absolute Gasteiger partial charge is 0.307 e. The number of nitrogens with one attached hydrogen (secondary N) is 1. The van der Waals surface area contributed by atoms with Gasteiger partial charge in [0.25, 0.3) is 0 Å². The van der Waals surface area contributed by atoms with Crippen molar-refractivity contribution in [3.8, 4) is 0 Å². The predicted octanol–water partition coefficient (Wildman–Crippen LogP) is 2.38. The summed E-state index contributed by atoms with van der Waals surface area (Å²) in [5.74, 6) is -0.710. The highest BCUT2D eigenvalue weighted by Gasteiger charge is 2.32. The molecule has 1 saturated heterocycles. The lowest BCUT2D eigenvalue weighted by Crippen LogP contribution is -2.45. The topological polar surface area (TPSA) is 105 Å². The molecule has 2 aromatic rings. The normalized spacial score (nSPS) is 19.2. The molecule has 3 heterocycles. The summed E-state index contributed by atoms with van der Waals surface area (Å²) >= 11 is 0. The highest BCUT2D eigenvalue weighted by molar-refractivity contribution is 5.71. The Labute approximate surface area is 166 Å². The summed E-state index contributed by atoms with van der Waals surface area (Å²) in [4.78, 5) is 16.5. The second-order valence-corrected chi connectivity index (χ2v) is 8.56. The third kappa shape index (κ3) is 4.92. The fourth-order valence-electron chi connectivity index (χ4n) is 4.16. The molecule has 2 N–H and O–H groups in total. The van der Waals surface area contributed by atoms with Gasteiger partial charge in [-0.05, 0) is 24.5 Å². The predicted molar refractivity (Wildman–Crippen MR) is 105 cm³/mol. The van der Waals surface area contributed by atoms with E-state index >= 15 is 0 Å². The van der Waals surface area contributed by atoms with Crippen LogP contribution in [0.2, 0.25) is 0 Å². The lowest BCUT2D eigenvalue weighted by molar-refractivity contribution is -0.895. The van der Waals surface area contributed by atoms with E-state index in [0.29, 0.717) is 24.6 Å². The highest BCUT2D eigenvalue weighted by Crippen LogP contribution is 2.31. The molecular weight excluding hydrogens is 356 g/mol. The Morgan fingerprint density at radius 2 is 2.07 bits per heavy atom. The lowest BCUT2D eigenvalue weighted by Gasteiger charge is -2.37. The zero-order chi connectivity index (χ0) is 20.1. The van der Waals surface area contributed by atoms with E-state index in [0.717, 1.165) is 35.0 Å². The van der Waals surface area contributed by atoms with Crippen molar-refractivity contribution in [3.63, 3.8) is 0 Å². The Morgan fingerprint density at radius 3 is 2.61 bits per heavy atom. The fourth-order valence-corrected chi connectivity index (χ4v) is 4.16. The van der Waals surface area contributed by atoms with Crippen molar-refractivity contribution in [2.24, 2.45) is 5.92 Å². The quantitative estimate of drug-likeness (QED) is 0.674. The molecule has 152 valence electrons. The average molecular weight is 388 g/mol. The Bertz CT molecular complexity index is 750. The van der Waals surface area contributed by atoms with E-state index in [1.54, 1.807) is 0 Å². The molecule has 0 radical (unpaired) electrons. The molecule has 8 heteroatoms. The van der Waals surface area contributed by atoms with E-state index < -0.39 is 11.9 Å². The number of tetrazole rings is 1. The molecule has 1 aliphatic heterocycles. The zero-order valence-corrected chi connectivity index (χ0v) is 17.0. The van der Waals surface area contributed by atoms with Crippen LogP contribution in [0.15, 0.2) is 18.3 Å². The van der Waals surface area contributed by atoms with Gasteiger partial charge in [-0.1, -0.05) is 24.6 Å². The van der Waals surface area contributed by atoms with Crippen LogP contribution in [0.3, 0.4) is 0 Å². The minimum absolute atomic E-state index is 0.323. The van der Waals surface area contributed by atoms with E-state index in [1.807, 2.05) is 13.1 Å². The van der Waals surface area contributed by atoms with Crippen molar-refractivity contribution >= 4 is 5.97 Å². The van der Waals surface area contributed by atoms with Gasteiger partial charge < -0.3 is 9.59 Å². The summed E-state index contributed by atoms with van der Waals surface area (Å²) in [6.07, 6.45) is 6.11. The molecule has 1 unspecified atom stereocenters. The summed E-state index contributed by atoms with van der Waals surface area (Å²) in [5.41, 5.74) is 2.15. The first-order chi connectivity index (χ1) is 13.4. The second kappa shape index (κ2) is 8.77.